The summed E-state index contributed by atoms with van der Waals surface area (Å²) >= 11 is 0. The Labute approximate surface area is 155 Å². The minimum Gasteiger partial charge on any atom is -0.378 e. The predicted octanol–water partition coefficient (Wildman–Crippen LogP) is 1.82. The van der Waals surface area contributed by atoms with E-state index in [0.29, 0.717) is 32.8 Å². The van der Waals surface area contributed by atoms with E-state index >= 15 is 0 Å². The molecule has 2 fully saturated rings. The maximum Gasteiger partial charge on any atom is 0.321 e. The molecule has 1 aromatic carbocycles. The van der Waals surface area contributed by atoms with Crippen LogP contribution in [-0.4, -0.2) is 73.6 Å². The number of amides is 2. The number of morpholine rings is 1. The molecule has 2 aliphatic heterocycles. The van der Waals surface area contributed by atoms with E-state index in [9.17, 15) is 13.2 Å². The molecule has 2 amide bonds. The largest absolute Gasteiger partial charge is 0.378 e. The summed E-state index contributed by atoms with van der Waals surface area (Å²) in [6.07, 6.45) is -0.495. The van der Waals surface area contributed by atoms with E-state index in [-0.39, 0.29) is 22.9 Å². The molecule has 2 atom stereocenters. The molecule has 1 aromatic rings. The summed E-state index contributed by atoms with van der Waals surface area (Å²) in [7, 11) is -3.67. The Morgan fingerprint density at radius 2 is 1.77 bits per heavy atom. The summed E-state index contributed by atoms with van der Waals surface area (Å²) in [5.41, 5.74) is 0. The third kappa shape index (κ3) is 3.45. The molecule has 0 aromatic heterocycles. The van der Waals surface area contributed by atoms with Gasteiger partial charge in [0.25, 0.3) is 0 Å². The lowest BCUT2D eigenvalue weighted by Crippen LogP contribution is -2.55. The first-order chi connectivity index (χ1) is 12.3. The summed E-state index contributed by atoms with van der Waals surface area (Å²) in [6, 6.07) is 8.13. The average Bonchev–Trinajstić information content (AvgIpc) is 3.01. The molecule has 144 valence electrons. The Balaban J connectivity index is 1.92. The number of ether oxygens (including phenoxy) is 1. The van der Waals surface area contributed by atoms with Crippen LogP contribution in [0.25, 0.3) is 0 Å². The normalized spacial score (nSPS) is 25.1. The molecular weight excluding hydrogens is 354 g/mol. The molecule has 2 aliphatic rings. The minimum atomic E-state index is -3.67. The van der Waals surface area contributed by atoms with Crippen molar-refractivity contribution in [3.63, 3.8) is 0 Å². The topological polar surface area (TPSA) is 70.2 Å². The van der Waals surface area contributed by atoms with Crippen molar-refractivity contribution in [1.29, 1.82) is 0 Å². The smallest absolute Gasteiger partial charge is 0.321 e. The van der Waals surface area contributed by atoms with Gasteiger partial charge in [-0.15, -0.1) is 0 Å². The van der Waals surface area contributed by atoms with Gasteiger partial charge in [-0.1, -0.05) is 32.0 Å². The first-order valence-electron chi connectivity index (χ1n) is 9.06. The molecule has 0 aliphatic carbocycles. The van der Waals surface area contributed by atoms with Gasteiger partial charge in [-0.2, -0.15) is 4.31 Å². The number of sulfonamides is 1. The van der Waals surface area contributed by atoms with Gasteiger partial charge in [-0.25, -0.2) is 13.2 Å². The van der Waals surface area contributed by atoms with Crippen molar-refractivity contribution < 1.29 is 17.9 Å². The SMILES string of the molecule is CC(C)C1N(C(=O)N2CCOCC2)C(C)CN1S(=O)(=O)c1ccccc1. The zero-order valence-electron chi connectivity index (χ0n) is 15.5. The molecule has 2 heterocycles. The van der Waals surface area contributed by atoms with E-state index in [1.807, 2.05) is 20.8 Å². The minimum absolute atomic E-state index is 0.0246. The Bertz CT molecular complexity index is 732. The van der Waals surface area contributed by atoms with Crippen LogP contribution >= 0.6 is 0 Å². The maximum absolute atomic E-state index is 13.2. The lowest BCUT2D eigenvalue weighted by Gasteiger charge is -2.38. The number of carbonyl (C=O) groups excluding carboxylic acids is 1. The standard InChI is InChI=1S/C18H27N3O4S/c1-14(2)17-20(26(23,24)16-7-5-4-6-8-16)13-15(3)21(17)18(22)19-9-11-25-12-10-19/h4-8,14-15,17H,9-13H2,1-3H3. The highest BCUT2D eigenvalue weighted by atomic mass is 32.2. The zero-order chi connectivity index (χ0) is 18.9. The van der Waals surface area contributed by atoms with Gasteiger partial charge in [0.2, 0.25) is 10.0 Å². The number of nitrogens with zero attached hydrogens (tertiary/aromatic N) is 3. The Kier molecular flexibility index (Phi) is 5.55. The van der Waals surface area contributed by atoms with Crippen LogP contribution in [0.15, 0.2) is 35.2 Å². The maximum atomic E-state index is 13.2. The second-order valence-electron chi connectivity index (χ2n) is 7.18. The molecule has 0 bridgehead atoms. The van der Waals surface area contributed by atoms with Crippen LogP contribution in [0.5, 0.6) is 0 Å². The highest BCUT2D eigenvalue weighted by Gasteiger charge is 2.48. The van der Waals surface area contributed by atoms with Crippen molar-refractivity contribution in [3.8, 4) is 0 Å². The third-order valence-electron chi connectivity index (χ3n) is 4.95. The van der Waals surface area contributed by atoms with Crippen LogP contribution in [-0.2, 0) is 14.8 Å². The zero-order valence-corrected chi connectivity index (χ0v) is 16.4. The molecule has 0 saturated carbocycles. The molecule has 0 radical (unpaired) electrons. The molecule has 0 N–H and O–H groups in total. The van der Waals surface area contributed by atoms with Crippen molar-refractivity contribution in [1.82, 2.24) is 14.1 Å². The van der Waals surface area contributed by atoms with Crippen molar-refractivity contribution >= 4 is 16.1 Å². The molecule has 7 nitrogen and oxygen atoms in total. The highest BCUT2D eigenvalue weighted by Crippen LogP contribution is 2.32. The number of benzene rings is 1. The second-order valence-corrected chi connectivity index (χ2v) is 9.07. The highest BCUT2D eigenvalue weighted by molar-refractivity contribution is 7.89. The fourth-order valence-electron chi connectivity index (χ4n) is 3.70. The third-order valence-corrected chi connectivity index (χ3v) is 6.80. The summed E-state index contributed by atoms with van der Waals surface area (Å²) in [6.45, 7) is 8.24. The Hall–Kier alpha value is -1.64. The second kappa shape index (κ2) is 7.54. The molecule has 3 rings (SSSR count). The lowest BCUT2D eigenvalue weighted by molar-refractivity contribution is 0.0334. The van der Waals surface area contributed by atoms with E-state index in [1.54, 1.807) is 40.1 Å². The van der Waals surface area contributed by atoms with Gasteiger partial charge < -0.3 is 14.5 Å². The van der Waals surface area contributed by atoms with Gasteiger partial charge in [0.15, 0.2) is 0 Å². The van der Waals surface area contributed by atoms with Crippen LogP contribution in [0.2, 0.25) is 0 Å². The quantitative estimate of drug-likeness (QED) is 0.801. The summed E-state index contributed by atoms with van der Waals surface area (Å²) < 4.78 is 33.2. The Morgan fingerprint density at radius 3 is 2.35 bits per heavy atom. The number of hydrogen-bond acceptors (Lipinski definition) is 4. The number of carbonyl (C=O) groups is 1. The molecular formula is C18H27N3O4S. The van der Waals surface area contributed by atoms with Crippen LogP contribution in [0.4, 0.5) is 4.79 Å². The molecule has 2 saturated heterocycles. The van der Waals surface area contributed by atoms with Gasteiger partial charge in [-0.05, 0) is 25.0 Å². The van der Waals surface area contributed by atoms with E-state index < -0.39 is 16.2 Å². The van der Waals surface area contributed by atoms with Crippen LogP contribution in [0.3, 0.4) is 0 Å². The van der Waals surface area contributed by atoms with E-state index in [2.05, 4.69) is 0 Å². The average molecular weight is 381 g/mol. The summed E-state index contributed by atoms with van der Waals surface area (Å²) in [5.74, 6) is -0.0246. The van der Waals surface area contributed by atoms with Crippen LogP contribution < -0.4 is 0 Å². The number of urea groups is 1. The van der Waals surface area contributed by atoms with Crippen molar-refractivity contribution in [3.05, 3.63) is 30.3 Å². The van der Waals surface area contributed by atoms with Crippen molar-refractivity contribution in [2.75, 3.05) is 32.8 Å². The van der Waals surface area contributed by atoms with Gasteiger partial charge in [0, 0.05) is 25.7 Å². The van der Waals surface area contributed by atoms with Crippen LogP contribution in [0, 0.1) is 5.92 Å². The number of rotatable bonds is 3. The summed E-state index contributed by atoms with van der Waals surface area (Å²) in [5, 5.41) is 0. The van der Waals surface area contributed by atoms with Crippen LogP contribution in [0.1, 0.15) is 20.8 Å². The molecule has 0 spiro atoms. The Morgan fingerprint density at radius 1 is 1.15 bits per heavy atom. The van der Waals surface area contributed by atoms with Crippen molar-refractivity contribution in [2.45, 2.75) is 37.9 Å². The fraction of sp³-hybridized carbons (Fsp3) is 0.611. The fourth-order valence-corrected chi connectivity index (χ4v) is 5.51. The van der Waals surface area contributed by atoms with Gasteiger partial charge in [0.05, 0.1) is 18.1 Å². The van der Waals surface area contributed by atoms with Gasteiger partial charge in [-0.3, -0.25) is 0 Å². The van der Waals surface area contributed by atoms with E-state index in [0.717, 1.165) is 0 Å². The van der Waals surface area contributed by atoms with Gasteiger partial charge in [0.1, 0.15) is 6.17 Å². The monoisotopic (exact) mass is 381 g/mol. The lowest BCUT2D eigenvalue weighted by atomic mass is 10.1. The van der Waals surface area contributed by atoms with E-state index in [1.165, 1.54) is 4.31 Å². The van der Waals surface area contributed by atoms with Crippen molar-refractivity contribution in [2.24, 2.45) is 5.92 Å². The molecule has 26 heavy (non-hydrogen) atoms. The first-order valence-corrected chi connectivity index (χ1v) is 10.5. The van der Waals surface area contributed by atoms with E-state index in [4.69, 9.17) is 4.74 Å². The molecule has 8 heteroatoms. The predicted molar refractivity (Wildman–Crippen MR) is 98.0 cm³/mol. The first kappa shape index (κ1) is 19.1. The summed E-state index contributed by atoms with van der Waals surface area (Å²) in [4.78, 5) is 16.9. The van der Waals surface area contributed by atoms with Gasteiger partial charge >= 0.3 is 6.03 Å². The number of hydrogen-bond donors (Lipinski definition) is 0. The molecule has 2 unspecified atom stereocenters.